The van der Waals surface area contributed by atoms with Crippen LogP contribution in [-0.4, -0.2) is 31.4 Å². The third kappa shape index (κ3) is 3.16. The Balaban J connectivity index is 1.54. The molecule has 0 bridgehead atoms. The number of methoxy groups -OCH3 is 1. The molecule has 2 aromatic carbocycles. The molecule has 0 saturated heterocycles. The van der Waals surface area contributed by atoms with Crippen LogP contribution in [0.3, 0.4) is 0 Å². The van der Waals surface area contributed by atoms with Gasteiger partial charge in [-0.2, -0.15) is 5.10 Å². The molecule has 0 amide bonds. The fourth-order valence-corrected chi connectivity index (χ4v) is 4.11. The minimum atomic E-state index is -0.192. The quantitative estimate of drug-likeness (QED) is 0.503. The number of fused-ring (bicyclic) bond motifs is 1. The number of halogens is 1. The summed E-state index contributed by atoms with van der Waals surface area (Å²) in [5.74, 6) is 1.87. The molecule has 0 fully saturated rings. The van der Waals surface area contributed by atoms with Crippen molar-refractivity contribution < 1.29 is 9.13 Å². The Kier molecular flexibility index (Phi) is 4.58. The first-order valence-electron chi connectivity index (χ1n) is 10.0. The molecule has 1 aliphatic heterocycles. The highest BCUT2D eigenvalue weighted by molar-refractivity contribution is 5.63. The molecule has 0 spiro atoms. The van der Waals surface area contributed by atoms with Crippen LogP contribution in [0.5, 0.6) is 5.75 Å². The van der Waals surface area contributed by atoms with Crippen LogP contribution in [0.1, 0.15) is 35.8 Å². The molecule has 0 N–H and O–H groups in total. The number of ether oxygens (including phenoxy) is 1. The maximum atomic E-state index is 14.4. The second-order valence-corrected chi connectivity index (χ2v) is 7.54. The SMILES string of the molecule is COc1cc(-c2nc3n(n2)CCCC3c2ccccc2F)ccc1-n1cnc(C)c1. The summed E-state index contributed by atoms with van der Waals surface area (Å²) in [4.78, 5) is 9.10. The van der Waals surface area contributed by atoms with Gasteiger partial charge >= 0.3 is 0 Å². The Labute approximate surface area is 174 Å². The normalized spacial score (nSPS) is 15.8. The van der Waals surface area contributed by atoms with E-state index >= 15 is 0 Å². The highest BCUT2D eigenvalue weighted by atomic mass is 19.1. The van der Waals surface area contributed by atoms with Gasteiger partial charge in [-0.25, -0.2) is 19.0 Å². The van der Waals surface area contributed by atoms with Crippen molar-refractivity contribution >= 4 is 0 Å². The molecule has 152 valence electrons. The molecule has 1 aliphatic rings. The molecular weight excluding hydrogens is 381 g/mol. The van der Waals surface area contributed by atoms with Gasteiger partial charge < -0.3 is 9.30 Å². The Morgan fingerprint density at radius 3 is 2.80 bits per heavy atom. The zero-order valence-electron chi connectivity index (χ0n) is 16.9. The van der Waals surface area contributed by atoms with Crippen molar-refractivity contribution in [3.8, 4) is 22.8 Å². The predicted octanol–water partition coefficient (Wildman–Crippen LogP) is 4.51. The van der Waals surface area contributed by atoms with Gasteiger partial charge in [0.15, 0.2) is 5.82 Å². The number of hydrogen-bond acceptors (Lipinski definition) is 4. The van der Waals surface area contributed by atoms with E-state index in [1.54, 1.807) is 19.5 Å². The molecule has 3 heterocycles. The van der Waals surface area contributed by atoms with Crippen molar-refractivity contribution in [3.05, 3.63) is 77.9 Å². The van der Waals surface area contributed by atoms with E-state index in [2.05, 4.69) is 4.98 Å². The van der Waals surface area contributed by atoms with E-state index in [0.717, 1.165) is 42.2 Å². The Morgan fingerprint density at radius 1 is 1.17 bits per heavy atom. The van der Waals surface area contributed by atoms with Gasteiger partial charge in [0.2, 0.25) is 0 Å². The molecular formula is C23H22FN5O. The van der Waals surface area contributed by atoms with Gasteiger partial charge in [-0.3, -0.25) is 0 Å². The lowest BCUT2D eigenvalue weighted by atomic mass is 9.91. The summed E-state index contributed by atoms with van der Waals surface area (Å²) in [6.45, 7) is 2.74. The summed E-state index contributed by atoms with van der Waals surface area (Å²) >= 11 is 0. The summed E-state index contributed by atoms with van der Waals surface area (Å²) in [7, 11) is 1.65. The van der Waals surface area contributed by atoms with Crippen molar-refractivity contribution in [1.82, 2.24) is 24.3 Å². The van der Waals surface area contributed by atoms with Crippen molar-refractivity contribution in [2.45, 2.75) is 32.2 Å². The number of imidazole rings is 1. The van der Waals surface area contributed by atoms with Crippen molar-refractivity contribution in [1.29, 1.82) is 0 Å². The fraction of sp³-hybridized carbons (Fsp3) is 0.261. The van der Waals surface area contributed by atoms with Gasteiger partial charge in [0.25, 0.3) is 0 Å². The van der Waals surface area contributed by atoms with E-state index in [-0.39, 0.29) is 11.7 Å². The van der Waals surface area contributed by atoms with E-state index in [1.807, 2.05) is 52.7 Å². The van der Waals surface area contributed by atoms with E-state index in [9.17, 15) is 4.39 Å². The van der Waals surface area contributed by atoms with Crippen molar-refractivity contribution in [2.24, 2.45) is 0 Å². The first kappa shape index (κ1) is 18.5. The summed E-state index contributed by atoms with van der Waals surface area (Å²) in [6.07, 6.45) is 5.52. The Hall–Kier alpha value is -3.48. The number of aryl methyl sites for hydroxylation is 2. The van der Waals surface area contributed by atoms with Gasteiger partial charge in [0, 0.05) is 24.2 Å². The summed E-state index contributed by atoms with van der Waals surface area (Å²) in [5, 5.41) is 4.72. The highest BCUT2D eigenvalue weighted by Gasteiger charge is 2.28. The van der Waals surface area contributed by atoms with Gasteiger partial charge in [-0.1, -0.05) is 18.2 Å². The van der Waals surface area contributed by atoms with Gasteiger partial charge in [-0.05, 0) is 49.6 Å². The third-order valence-corrected chi connectivity index (χ3v) is 5.58. The smallest absolute Gasteiger partial charge is 0.181 e. The average molecular weight is 403 g/mol. The van der Waals surface area contributed by atoms with Crippen LogP contribution in [0.4, 0.5) is 4.39 Å². The Bertz CT molecular complexity index is 1210. The molecule has 4 aromatic rings. The first-order chi connectivity index (χ1) is 14.6. The van der Waals surface area contributed by atoms with Crippen LogP contribution in [0, 0.1) is 12.7 Å². The summed E-state index contributed by atoms with van der Waals surface area (Å²) in [6, 6.07) is 12.8. The molecule has 2 aromatic heterocycles. The molecule has 5 rings (SSSR count). The maximum Gasteiger partial charge on any atom is 0.181 e. The minimum absolute atomic E-state index is 0.0868. The number of rotatable bonds is 4. The van der Waals surface area contributed by atoms with Crippen LogP contribution >= 0.6 is 0 Å². The maximum absolute atomic E-state index is 14.4. The molecule has 0 saturated carbocycles. The first-order valence-corrected chi connectivity index (χ1v) is 10.0. The van der Waals surface area contributed by atoms with E-state index < -0.39 is 0 Å². The van der Waals surface area contributed by atoms with Crippen LogP contribution in [0.2, 0.25) is 0 Å². The van der Waals surface area contributed by atoms with Crippen molar-refractivity contribution in [2.75, 3.05) is 7.11 Å². The molecule has 0 aliphatic carbocycles. The zero-order valence-corrected chi connectivity index (χ0v) is 16.9. The minimum Gasteiger partial charge on any atom is -0.495 e. The second-order valence-electron chi connectivity index (χ2n) is 7.54. The third-order valence-electron chi connectivity index (χ3n) is 5.58. The lowest BCUT2D eigenvalue weighted by Crippen LogP contribution is -2.18. The molecule has 1 unspecified atom stereocenters. The number of nitrogens with zero attached hydrogens (tertiary/aromatic N) is 5. The van der Waals surface area contributed by atoms with E-state index in [1.165, 1.54) is 6.07 Å². The number of benzene rings is 2. The van der Waals surface area contributed by atoms with Crippen LogP contribution in [0.15, 0.2) is 55.0 Å². The average Bonchev–Trinajstić information content (AvgIpc) is 3.40. The molecule has 30 heavy (non-hydrogen) atoms. The number of hydrogen-bond donors (Lipinski definition) is 0. The zero-order chi connectivity index (χ0) is 20.7. The number of aromatic nitrogens is 5. The molecule has 6 nitrogen and oxygen atoms in total. The van der Waals surface area contributed by atoms with Crippen LogP contribution in [-0.2, 0) is 6.54 Å². The topological polar surface area (TPSA) is 57.8 Å². The molecule has 7 heteroatoms. The van der Waals surface area contributed by atoms with Gasteiger partial charge in [0.1, 0.15) is 17.4 Å². The van der Waals surface area contributed by atoms with Gasteiger partial charge in [0.05, 0.1) is 24.8 Å². The molecule has 1 atom stereocenters. The second kappa shape index (κ2) is 7.40. The Morgan fingerprint density at radius 2 is 2.03 bits per heavy atom. The van der Waals surface area contributed by atoms with Crippen molar-refractivity contribution in [3.63, 3.8) is 0 Å². The van der Waals surface area contributed by atoms with E-state index in [4.69, 9.17) is 14.8 Å². The molecule has 0 radical (unpaired) electrons. The fourth-order valence-electron chi connectivity index (χ4n) is 4.11. The summed E-state index contributed by atoms with van der Waals surface area (Å²) in [5.41, 5.74) is 3.38. The lowest BCUT2D eigenvalue weighted by Gasteiger charge is -2.22. The highest BCUT2D eigenvalue weighted by Crippen LogP contribution is 2.35. The standard InChI is InChI=1S/C23H22FN5O/c1-15-13-28(14-25-15)20-10-9-16(12-21(20)30-2)22-26-23-18(7-5-11-29(23)27-22)17-6-3-4-8-19(17)24/h3-4,6,8-10,12-14,18H,5,7,11H2,1-2H3. The lowest BCUT2D eigenvalue weighted by molar-refractivity contribution is 0.413. The van der Waals surface area contributed by atoms with E-state index in [0.29, 0.717) is 17.1 Å². The van der Waals surface area contributed by atoms with Crippen LogP contribution < -0.4 is 4.74 Å². The predicted molar refractivity (Wildman–Crippen MR) is 111 cm³/mol. The summed E-state index contributed by atoms with van der Waals surface area (Å²) < 4.78 is 23.9. The largest absolute Gasteiger partial charge is 0.495 e. The monoisotopic (exact) mass is 403 g/mol. The van der Waals surface area contributed by atoms with Gasteiger partial charge in [-0.15, -0.1) is 0 Å². The van der Waals surface area contributed by atoms with Crippen LogP contribution in [0.25, 0.3) is 17.1 Å².